The van der Waals surface area contributed by atoms with Crippen LogP contribution in [-0.2, 0) is 5.75 Å². The van der Waals surface area contributed by atoms with Crippen LogP contribution in [0.3, 0.4) is 0 Å². The van der Waals surface area contributed by atoms with E-state index in [9.17, 15) is 0 Å². The molecule has 0 saturated carbocycles. The molecule has 0 aliphatic heterocycles. The first-order valence-corrected chi connectivity index (χ1v) is 6.64. The molecule has 1 unspecified atom stereocenters. The van der Waals surface area contributed by atoms with Crippen LogP contribution in [0.1, 0.15) is 24.5 Å². The van der Waals surface area contributed by atoms with Crippen LogP contribution in [0.25, 0.3) is 0 Å². The Balaban J connectivity index is 2.71. The summed E-state index contributed by atoms with van der Waals surface area (Å²) in [4.78, 5) is 0. The molecule has 0 aromatic heterocycles. The summed E-state index contributed by atoms with van der Waals surface area (Å²) in [7, 11) is 1.65. The van der Waals surface area contributed by atoms with Crippen LogP contribution in [0.5, 0.6) is 5.75 Å². The van der Waals surface area contributed by atoms with Crippen molar-refractivity contribution in [3.8, 4) is 11.8 Å². The van der Waals surface area contributed by atoms with E-state index < -0.39 is 0 Å². The number of nitrogens with two attached hydrogens (primary N) is 1. The molecule has 17 heavy (non-hydrogen) atoms. The summed E-state index contributed by atoms with van der Waals surface area (Å²) in [6, 6.07) is 7.66. The maximum Gasteiger partial charge on any atom is 0.122 e. The van der Waals surface area contributed by atoms with Gasteiger partial charge in [0, 0.05) is 16.6 Å². The fraction of sp³-hybridized carbons (Fsp3) is 0.462. The molecule has 4 heteroatoms. The van der Waals surface area contributed by atoms with E-state index in [0.29, 0.717) is 17.4 Å². The zero-order valence-corrected chi connectivity index (χ0v) is 11.1. The van der Waals surface area contributed by atoms with Crippen molar-refractivity contribution in [2.75, 3.05) is 13.7 Å². The lowest BCUT2D eigenvalue weighted by Gasteiger charge is -2.12. The van der Waals surface area contributed by atoms with Gasteiger partial charge in [0.1, 0.15) is 5.75 Å². The van der Waals surface area contributed by atoms with Crippen LogP contribution in [0.4, 0.5) is 0 Å². The molecule has 0 aliphatic carbocycles. The Morgan fingerprint density at radius 1 is 1.53 bits per heavy atom. The van der Waals surface area contributed by atoms with Crippen LogP contribution in [0.15, 0.2) is 18.2 Å². The second-order valence-corrected chi connectivity index (χ2v) is 5.26. The second kappa shape index (κ2) is 7.21. The first kappa shape index (κ1) is 13.9. The van der Waals surface area contributed by atoms with E-state index in [-0.39, 0.29) is 0 Å². The van der Waals surface area contributed by atoms with Gasteiger partial charge in [0.05, 0.1) is 18.7 Å². The molecule has 2 N–H and O–H groups in total. The predicted molar refractivity (Wildman–Crippen MR) is 72.1 cm³/mol. The van der Waals surface area contributed by atoms with Crippen molar-refractivity contribution in [3.05, 3.63) is 29.3 Å². The van der Waals surface area contributed by atoms with Crippen LogP contribution in [0, 0.1) is 11.3 Å². The number of nitrogens with zero attached hydrogens (tertiary/aromatic N) is 1. The summed E-state index contributed by atoms with van der Waals surface area (Å²) in [5.74, 6) is 1.69. The lowest BCUT2D eigenvalue weighted by Crippen LogP contribution is -2.07. The number of rotatable bonds is 6. The lowest BCUT2D eigenvalue weighted by molar-refractivity contribution is 0.411. The van der Waals surface area contributed by atoms with Crippen LogP contribution in [-0.4, -0.2) is 18.9 Å². The van der Waals surface area contributed by atoms with E-state index in [0.717, 1.165) is 23.5 Å². The van der Waals surface area contributed by atoms with E-state index >= 15 is 0 Å². The highest BCUT2D eigenvalue weighted by Crippen LogP contribution is 2.27. The van der Waals surface area contributed by atoms with Crippen molar-refractivity contribution < 1.29 is 4.74 Å². The lowest BCUT2D eigenvalue weighted by atomic mass is 10.1. The molecule has 1 aromatic rings. The van der Waals surface area contributed by atoms with Crippen LogP contribution < -0.4 is 10.5 Å². The van der Waals surface area contributed by atoms with E-state index in [1.165, 1.54) is 0 Å². The molecule has 3 nitrogen and oxygen atoms in total. The number of methoxy groups -OCH3 is 1. The maximum atomic E-state index is 8.87. The minimum absolute atomic E-state index is 0.524. The summed E-state index contributed by atoms with van der Waals surface area (Å²) >= 11 is 1.83. The minimum atomic E-state index is 0.524. The largest absolute Gasteiger partial charge is 0.496 e. The molecular weight excluding hydrogens is 232 g/mol. The number of benzene rings is 1. The third-order valence-corrected chi connectivity index (χ3v) is 3.79. The SMILES string of the molecule is COc1ccc(C#N)cc1CSC(C)CCN. The number of nitriles is 1. The van der Waals surface area contributed by atoms with Crippen molar-refractivity contribution in [3.63, 3.8) is 0 Å². The number of thioether (sulfide) groups is 1. The Morgan fingerprint density at radius 2 is 2.29 bits per heavy atom. The summed E-state index contributed by atoms with van der Waals surface area (Å²) in [5.41, 5.74) is 7.26. The van der Waals surface area contributed by atoms with Gasteiger partial charge in [-0.25, -0.2) is 0 Å². The Labute approximate surface area is 107 Å². The van der Waals surface area contributed by atoms with Gasteiger partial charge < -0.3 is 10.5 Å². The third-order valence-electron chi connectivity index (χ3n) is 2.51. The van der Waals surface area contributed by atoms with Gasteiger partial charge in [-0.3, -0.25) is 0 Å². The summed E-state index contributed by atoms with van der Waals surface area (Å²) < 4.78 is 5.29. The molecule has 0 saturated heterocycles. The van der Waals surface area contributed by atoms with E-state index in [1.54, 1.807) is 13.2 Å². The summed E-state index contributed by atoms with van der Waals surface area (Å²) in [5, 5.41) is 9.40. The smallest absolute Gasteiger partial charge is 0.122 e. The van der Waals surface area contributed by atoms with Gasteiger partial charge in [0.25, 0.3) is 0 Å². The van der Waals surface area contributed by atoms with E-state index in [2.05, 4.69) is 13.0 Å². The Hall–Kier alpha value is -1.18. The van der Waals surface area contributed by atoms with Gasteiger partial charge in [-0.05, 0) is 31.2 Å². The van der Waals surface area contributed by atoms with Crippen LogP contribution in [0.2, 0.25) is 0 Å². The van der Waals surface area contributed by atoms with Crippen molar-refractivity contribution in [1.29, 1.82) is 5.26 Å². The molecule has 0 aliphatic rings. The van der Waals surface area contributed by atoms with Crippen molar-refractivity contribution >= 4 is 11.8 Å². The molecule has 0 amide bonds. The second-order valence-electron chi connectivity index (χ2n) is 3.84. The summed E-state index contributed by atoms with van der Waals surface area (Å²) in [6.45, 7) is 2.88. The first-order chi connectivity index (χ1) is 8.21. The Kier molecular flexibility index (Phi) is 5.88. The van der Waals surface area contributed by atoms with Crippen molar-refractivity contribution in [2.24, 2.45) is 5.73 Å². The van der Waals surface area contributed by atoms with Crippen LogP contribution >= 0.6 is 11.8 Å². The topological polar surface area (TPSA) is 59.0 Å². The third kappa shape index (κ3) is 4.29. The zero-order valence-electron chi connectivity index (χ0n) is 10.3. The summed E-state index contributed by atoms with van der Waals surface area (Å²) in [6.07, 6.45) is 1.00. The number of hydrogen-bond acceptors (Lipinski definition) is 4. The Bertz CT molecular complexity index is 401. The van der Waals surface area contributed by atoms with Gasteiger partial charge in [-0.2, -0.15) is 17.0 Å². The van der Waals surface area contributed by atoms with Gasteiger partial charge >= 0.3 is 0 Å². The molecule has 0 fully saturated rings. The molecule has 1 atom stereocenters. The molecule has 0 spiro atoms. The zero-order chi connectivity index (χ0) is 12.7. The Morgan fingerprint density at radius 3 is 2.88 bits per heavy atom. The minimum Gasteiger partial charge on any atom is -0.496 e. The van der Waals surface area contributed by atoms with Gasteiger partial charge in [-0.15, -0.1) is 0 Å². The molecule has 1 rings (SSSR count). The van der Waals surface area contributed by atoms with Crippen molar-refractivity contribution in [1.82, 2.24) is 0 Å². The monoisotopic (exact) mass is 250 g/mol. The van der Waals surface area contributed by atoms with E-state index in [1.807, 2.05) is 23.9 Å². The fourth-order valence-electron chi connectivity index (χ4n) is 1.51. The molecule has 0 heterocycles. The maximum absolute atomic E-state index is 8.87. The molecule has 0 radical (unpaired) electrons. The van der Waals surface area contributed by atoms with Gasteiger partial charge in [0.2, 0.25) is 0 Å². The predicted octanol–water partition coefficient (Wildman–Crippen LogP) is 2.54. The average molecular weight is 250 g/mol. The normalized spacial score (nSPS) is 11.9. The van der Waals surface area contributed by atoms with Crippen molar-refractivity contribution in [2.45, 2.75) is 24.3 Å². The molecule has 0 bridgehead atoms. The quantitative estimate of drug-likeness (QED) is 0.843. The molecule has 92 valence electrons. The van der Waals surface area contributed by atoms with Gasteiger partial charge in [-0.1, -0.05) is 6.92 Å². The number of hydrogen-bond donors (Lipinski definition) is 1. The molecular formula is C13H18N2OS. The first-order valence-electron chi connectivity index (χ1n) is 5.60. The average Bonchev–Trinajstić information content (AvgIpc) is 2.36. The fourth-order valence-corrected chi connectivity index (χ4v) is 2.50. The highest BCUT2D eigenvalue weighted by Gasteiger charge is 2.07. The highest BCUT2D eigenvalue weighted by atomic mass is 32.2. The number of ether oxygens (including phenoxy) is 1. The van der Waals surface area contributed by atoms with Gasteiger partial charge in [0.15, 0.2) is 0 Å². The molecule has 1 aromatic carbocycles. The standard InChI is InChI=1S/C13H18N2OS/c1-10(5-6-14)17-9-12-7-11(8-15)3-4-13(12)16-2/h3-4,7,10H,5-6,9,14H2,1-2H3. The highest BCUT2D eigenvalue weighted by molar-refractivity contribution is 7.99. The van der Waals surface area contributed by atoms with E-state index in [4.69, 9.17) is 15.7 Å².